The summed E-state index contributed by atoms with van der Waals surface area (Å²) in [4.78, 5) is 21.5. The lowest BCUT2D eigenvalue weighted by atomic mass is 10.2. The molecule has 0 radical (unpaired) electrons. The van der Waals surface area contributed by atoms with Crippen molar-refractivity contribution >= 4 is 23.3 Å². The number of nitrogens with zero attached hydrogens (tertiary/aromatic N) is 4. The van der Waals surface area contributed by atoms with E-state index in [9.17, 15) is 4.79 Å². The van der Waals surface area contributed by atoms with Gasteiger partial charge in [0.2, 0.25) is 0 Å². The summed E-state index contributed by atoms with van der Waals surface area (Å²) in [5, 5.41) is 7.54. The number of carbonyl (C=O) groups excluding carboxylic acids is 1. The third-order valence-electron chi connectivity index (χ3n) is 3.89. The molecule has 7 nitrogen and oxygen atoms in total. The molecule has 4 aromatic heterocycles. The molecule has 4 heterocycles. The van der Waals surface area contributed by atoms with E-state index >= 15 is 0 Å². The van der Waals surface area contributed by atoms with Gasteiger partial charge in [-0.05, 0) is 31.2 Å². The Morgan fingerprint density at radius 3 is 3.00 bits per heavy atom. The van der Waals surface area contributed by atoms with Crippen LogP contribution in [0.25, 0.3) is 5.65 Å². The smallest absolute Gasteiger partial charge is 0.254 e. The van der Waals surface area contributed by atoms with Crippen LogP contribution in [0.3, 0.4) is 0 Å². The molecule has 0 bridgehead atoms. The van der Waals surface area contributed by atoms with Gasteiger partial charge in [0.25, 0.3) is 5.91 Å². The number of thioether (sulfide) groups is 1. The van der Waals surface area contributed by atoms with Crippen molar-refractivity contribution in [2.45, 2.75) is 24.2 Å². The van der Waals surface area contributed by atoms with Crippen LogP contribution in [0.2, 0.25) is 0 Å². The Morgan fingerprint density at radius 2 is 2.19 bits per heavy atom. The SMILES string of the molecule is Cc1cc(CSc2ncccc2C(=O)NCc2cn3ccccc3n2)no1. The molecule has 136 valence electrons. The average Bonchev–Trinajstić information content (AvgIpc) is 3.30. The zero-order chi connectivity index (χ0) is 18.6. The molecule has 0 aliphatic carbocycles. The topological polar surface area (TPSA) is 85.3 Å². The van der Waals surface area contributed by atoms with Gasteiger partial charge >= 0.3 is 0 Å². The van der Waals surface area contributed by atoms with Crippen LogP contribution >= 0.6 is 11.8 Å². The van der Waals surface area contributed by atoms with Crippen molar-refractivity contribution in [3.63, 3.8) is 0 Å². The first-order valence-electron chi connectivity index (χ1n) is 8.40. The van der Waals surface area contributed by atoms with E-state index in [-0.39, 0.29) is 5.91 Å². The van der Waals surface area contributed by atoms with Crippen molar-refractivity contribution in [2.75, 3.05) is 0 Å². The van der Waals surface area contributed by atoms with Crippen LogP contribution in [0.1, 0.15) is 27.5 Å². The summed E-state index contributed by atoms with van der Waals surface area (Å²) in [7, 11) is 0. The highest BCUT2D eigenvalue weighted by Crippen LogP contribution is 2.24. The van der Waals surface area contributed by atoms with E-state index in [1.165, 1.54) is 11.8 Å². The van der Waals surface area contributed by atoms with Gasteiger partial charge in [0.1, 0.15) is 16.4 Å². The van der Waals surface area contributed by atoms with Gasteiger partial charge in [-0.3, -0.25) is 4.79 Å². The summed E-state index contributed by atoms with van der Waals surface area (Å²) in [5.41, 5.74) is 3.00. The van der Waals surface area contributed by atoms with E-state index in [1.54, 1.807) is 18.3 Å². The van der Waals surface area contributed by atoms with E-state index in [4.69, 9.17) is 4.52 Å². The quantitative estimate of drug-likeness (QED) is 0.518. The molecule has 4 rings (SSSR count). The second-order valence-electron chi connectivity index (χ2n) is 5.95. The first-order valence-corrected chi connectivity index (χ1v) is 9.38. The number of aryl methyl sites for hydroxylation is 1. The summed E-state index contributed by atoms with van der Waals surface area (Å²) in [6.07, 6.45) is 5.51. The van der Waals surface area contributed by atoms with Crippen molar-refractivity contribution in [3.05, 3.63) is 77.7 Å². The molecule has 0 atom stereocenters. The van der Waals surface area contributed by atoms with Crippen LogP contribution < -0.4 is 5.32 Å². The molecule has 0 saturated heterocycles. The normalized spacial score (nSPS) is 11.0. The molecule has 0 aromatic carbocycles. The Balaban J connectivity index is 1.43. The summed E-state index contributed by atoms with van der Waals surface area (Å²) >= 11 is 1.45. The minimum atomic E-state index is -0.181. The van der Waals surface area contributed by atoms with Crippen LogP contribution in [0.15, 0.2) is 64.5 Å². The van der Waals surface area contributed by atoms with Crippen LogP contribution in [-0.2, 0) is 12.3 Å². The highest BCUT2D eigenvalue weighted by Gasteiger charge is 2.14. The van der Waals surface area contributed by atoms with Gasteiger partial charge < -0.3 is 14.2 Å². The number of hydrogen-bond acceptors (Lipinski definition) is 6. The first kappa shape index (κ1) is 17.3. The molecule has 27 heavy (non-hydrogen) atoms. The van der Waals surface area contributed by atoms with Gasteiger partial charge in [-0.2, -0.15) is 0 Å². The Kier molecular flexibility index (Phi) is 4.88. The Morgan fingerprint density at radius 1 is 1.26 bits per heavy atom. The molecular formula is C19H17N5O2S. The van der Waals surface area contributed by atoms with Gasteiger partial charge in [0.05, 0.1) is 23.5 Å². The summed E-state index contributed by atoms with van der Waals surface area (Å²) in [6.45, 7) is 2.20. The minimum absolute atomic E-state index is 0.181. The highest BCUT2D eigenvalue weighted by molar-refractivity contribution is 7.98. The van der Waals surface area contributed by atoms with Crippen molar-refractivity contribution in [2.24, 2.45) is 0 Å². The molecule has 0 aliphatic heterocycles. The standard InChI is InChI=1S/C19H17N5O2S/c1-13-9-14(23-26-13)12-27-19-16(5-4-7-20-19)18(25)21-10-15-11-24-8-3-2-6-17(24)22-15/h2-9,11H,10,12H2,1H3,(H,21,25). The Bertz CT molecular complexity index is 1060. The van der Waals surface area contributed by atoms with Gasteiger partial charge in [0.15, 0.2) is 0 Å². The number of amides is 1. The maximum Gasteiger partial charge on any atom is 0.254 e. The number of nitrogens with one attached hydrogen (secondary N) is 1. The van der Waals surface area contributed by atoms with E-state index in [0.717, 1.165) is 22.8 Å². The minimum Gasteiger partial charge on any atom is -0.361 e. The molecule has 8 heteroatoms. The number of pyridine rings is 2. The molecule has 0 aliphatic rings. The monoisotopic (exact) mass is 379 g/mol. The lowest BCUT2D eigenvalue weighted by Gasteiger charge is -2.07. The number of fused-ring (bicyclic) bond motifs is 1. The van der Waals surface area contributed by atoms with Crippen molar-refractivity contribution in [3.8, 4) is 0 Å². The van der Waals surface area contributed by atoms with Gasteiger partial charge in [0, 0.05) is 30.4 Å². The van der Waals surface area contributed by atoms with Crippen LogP contribution in [0.5, 0.6) is 0 Å². The lowest BCUT2D eigenvalue weighted by molar-refractivity contribution is 0.0947. The second-order valence-corrected chi connectivity index (χ2v) is 6.92. The van der Waals surface area contributed by atoms with Crippen molar-refractivity contribution in [1.82, 2.24) is 24.8 Å². The predicted molar refractivity (Wildman–Crippen MR) is 101 cm³/mol. The molecular weight excluding hydrogens is 362 g/mol. The fraction of sp³-hybridized carbons (Fsp3) is 0.158. The summed E-state index contributed by atoms with van der Waals surface area (Å²) in [6, 6.07) is 11.2. The fourth-order valence-corrected chi connectivity index (χ4v) is 3.52. The molecule has 1 amide bonds. The average molecular weight is 379 g/mol. The fourth-order valence-electron chi connectivity index (χ4n) is 2.65. The van der Waals surface area contributed by atoms with Crippen LogP contribution in [0, 0.1) is 6.92 Å². The molecule has 0 fully saturated rings. The van der Waals surface area contributed by atoms with Crippen molar-refractivity contribution < 1.29 is 9.32 Å². The maximum atomic E-state index is 12.6. The van der Waals surface area contributed by atoms with Crippen LogP contribution in [0.4, 0.5) is 0 Å². The molecule has 0 unspecified atom stereocenters. The van der Waals surface area contributed by atoms with Crippen molar-refractivity contribution in [1.29, 1.82) is 0 Å². The van der Waals surface area contributed by atoms with E-state index in [2.05, 4.69) is 20.4 Å². The van der Waals surface area contributed by atoms with Crippen LogP contribution in [-0.4, -0.2) is 25.4 Å². The van der Waals surface area contributed by atoms with E-state index in [1.807, 2.05) is 48.0 Å². The number of aromatic nitrogens is 4. The molecule has 0 spiro atoms. The third-order valence-corrected chi connectivity index (χ3v) is 4.93. The zero-order valence-electron chi connectivity index (χ0n) is 14.6. The van der Waals surface area contributed by atoms with Gasteiger partial charge in [-0.25, -0.2) is 9.97 Å². The Hall–Kier alpha value is -3.13. The highest BCUT2D eigenvalue weighted by atomic mass is 32.2. The number of imidazole rings is 1. The Labute approximate surface area is 159 Å². The molecule has 4 aromatic rings. The van der Waals surface area contributed by atoms with E-state index < -0.39 is 0 Å². The predicted octanol–water partition coefficient (Wildman–Crippen LogP) is 3.25. The second kappa shape index (κ2) is 7.63. The zero-order valence-corrected chi connectivity index (χ0v) is 15.4. The molecule has 1 N–H and O–H groups in total. The van der Waals surface area contributed by atoms with E-state index in [0.29, 0.717) is 22.9 Å². The summed E-state index contributed by atoms with van der Waals surface area (Å²) < 4.78 is 6.99. The number of hydrogen-bond donors (Lipinski definition) is 1. The van der Waals surface area contributed by atoms with Gasteiger partial charge in [-0.15, -0.1) is 0 Å². The summed E-state index contributed by atoms with van der Waals surface area (Å²) in [5.74, 6) is 1.16. The molecule has 0 saturated carbocycles. The largest absolute Gasteiger partial charge is 0.361 e. The number of rotatable bonds is 6. The number of carbonyl (C=O) groups is 1. The third kappa shape index (κ3) is 4.01. The van der Waals surface area contributed by atoms with Gasteiger partial charge in [-0.1, -0.05) is 23.0 Å². The maximum absolute atomic E-state index is 12.6. The first-order chi connectivity index (χ1) is 13.2. The lowest BCUT2D eigenvalue weighted by Crippen LogP contribution is -2.23.